The molecule has 0 bridgehead atoms. The molecule has 0 aromatic heterocycles. The minimum Gasteiger partial charge on any atom is -0.314 e. The fourth-order valence-corrected chi connectivity index (χ4v) is 3.32. The van der Waals surface area contributed by atoms with E-state index in [-0.39, 0.29) is 29.0 Å². The highest BCUT2D eigenvalue weighted by atomic mass is 35.5. The number of hydrogen-bond acceptors (Lipinski definition) is 2. The molecule has 0 spiro atoms. The van der Waals surface area contributed by atoms with Crippen LogP contribution >= 0.6 is 24.0 Å². The van der Waals surface area contributed by atoms with Crippen molar-refractivity contribution in [3.05, 3.63) is 34.3 Å². The molecule has 1 fully saturated rings. The van der Waals surface area contributed by atoms with Gasteiger partial charge in [-0.2, -0.15) is 13.2 Å². The highest BCUT2D eigenvalue weighted by molar-refractivity contribution is 6.31. The van der Waals surface area contributed by atoms with Crippen LogP contribution in [0.25, 0.3) is 0 Å². The average molecular weight is 371 g/mol. The normalized spacial score (nSPS) is 17.6. The van der Waals surface area contributed by atoms with E-state index in [0.717, 1.165) is 45.1 Å². The number of hydrogen-bond donors (Lipinski definition) is 1. The maximum atomic E-state index is 13.4. The van der Waals surface area contributed by atoms with Crippen molar-refractivity contribution in [2.45, 2.75) is 38.4 Å². The number of nitrogens with one attached hydrogen (secondary N) is 1. The van der Waals surface area contributed by atoms with E-state index >= 15 is 0 Å². The molecule has 1 aromatic rings. The van der Waals surface area contributed by atoms with Gasteiger partial charge in [-0.3, -0.25) is 4.90 Å². The molecule has 1 atom stereocenters. The highest BCUT2D eigenvalue weighted by Gasteiger charge is 2.37. The molecule has 7 heteroatoms. The molecule has 2 rings (SSSR count). The maximum absolute atomic E-state index is 13.4. The van der Waals surface area contributed by atoms with Crippen LogP contribution in [0.15, 0.2) is 18.2 Å². The zero-order valence-electron chi connectivity index (χ0n) is 13.1. The van der Waals surface area contributed by atoms with Crippen LogP contribution in [0.3, 0.4) is 0 Å². The van der Waals surface area contributed by atoms with Crippen LogP contribution in [-0.2, 0) is 6.18 Å². The second-order valence-corrected chi connectivity index (χ2v) is 6.05. The van der Waals surface area contributed by atoms with Gasteiger partial charge in [0.2, 0.25) is 0 Å². The zero-order valence-corrected chi connectivity index (χ0v) is 14.7. The molecule has 1 saturated heterocycles. The van der Waals surface area contributed by atoms with Crippen LogP contribution in [-0.4, -0.2) is 31.1 Å². The summed E-state index contributed by atoms with van der Waals surface area (Å²) < 4.78 is 40.2. The Hall–Kier alpha value is -0.490. The third-order valence-corrected chi connectivity index (χ3v) is 4.44. The van der Waals surface area contributed by atoms with Crippen molar-refractivity contribution in [1.82, 2.24) is 10.2 Å². The summed E-state index contributed by atoms with van der Waals surface area (Å²) in [6.07, 6.45) is -1.84. The molecule has 0 radical (unpaired) electrons. The molecule has 1 heterocycles. The maximum Gasteiger partial charge on any atom is 0.416 e. The topological polar surface area (TPSA) is 15.3 Å². The van der Waals surface area contributed by atoms with Gasteiger partial charge < -0.3 is 5.32 Å². The van der Waals surface area contributed by atoms with E-state index in [4.69, 9.17) is 11.6 Å². The molecule has 1 aromatic carbocycles. The predicted molar refractivity (Wildman–Crippen MR) is 90.4 cm³/mol. The second-order valence-electron chi connectivity index (χ2n) is 5.64. The summed E-state index contributed by atoms with van der Waals surface area (Å²) in [6.45, 7) is 5.14. The number of unbranched alkanes of at least 4 members (excludes halogenated alkanes) is 1. The van der Waals surface area contributed by atoms with E-state index in [1.165, 1.54) is 6.07 Å². The Balaban J connectivity index is 0.00000264. The number of benzene rings is 1. The Kier molecular flexibility index (Phi) is 8.14. The van der Waals surface area contributed by atoms with Crippen LogP contribution in [0.5, 0.6) is 0 Å². The fourth-order valence-electron chi connectivity index (χ4n) is 3.02. The number of piperazine rings is 1. The average Bonchev–Trinajstić information content (AvgIpc) is 2.49. The number of halogens is 5. The molecular formula is C16H23Cl2F3N2. The van der Waals surface area contributed by atoms with Crippen molar-refractivity contribution >= 4 is 24.0 Å². The van der Waals surface area contributed by atoms with Crippen molar-refractivity contribution in [2.24, 2.45) is 0 Å². The molecule has 23 heavy (non-hydrogen) atoms. The Labute approximate surface area is 146 Å². The van der Waals surface area contributed by atoms with Crippen molar-refractivity contribution in [1.29, 1.82) is 0 Å². The summed E-state index contributed by atoms with van der Waals surface area (Å²) in [4.78, 5) is 2.13. The van der Waals surface area contributed by atoms with Gasteiger partial charge >= 0.3 is 6.18 Å². The lowest BCUT2D eigenvalue weighted by Gasteiger charge is -2.36. The summed E-state index contributed by atoms with van der Waals surface area (Å²) in [7, 11) is 0. The van der Waals surface area contributed by atoms with Crippen LogP contribution in [0.4, 0.5) is 13.2 Å². The molecule has 1 aliphatic rings. The minimum absolute atomic E-state index is 0. The fraction of sp³-hybridized carbons (Fsp3) is 0.625. The second kappa shape index (κ2) is 9.11. The van der Waals surface area contributed by atoms with Crippen molar-refractivity contribution in [3.63, 3.8) is 0 Å². The first-order chi connectivity index (χ1) is 10.4. The summed E-state index contributed by atoms with van der Waals surface area (Å²) in [5, 5.41) is 3.46. The number of alkyl halides is 3. The first-order valence-electron chi connectivity index (χ1n) is 7.75. The van der Waals surface area contributed by atoms with E-state index in [1.807, 2.05) is 6.92 Å². The lowest BCUT2D eigenvalue weighted by Crippen LogP contribution is -2.45. The van der Waals surface area contributed by atoms with Gasteiger partial charge in [0.1, 0.15) is 0 Å². The van der Waals surface area contributed by atoms with Crippen LogP contribution in [0.2, 0.25) is 5.02 Å². The van der Waals surface area contributed by atoms with Gasteiger partial charge in [0.25, 0.3) is 0 Å². The minimum atomic E-state index is -4.38. The standard InChI is InChI=1S/C16H22ClF3N2.ClH/c1-2-3-7-14(22-10-8-21-9-11-22)15-12(16(18,19)20)5-4-6-13(15)17;/h4-6,14,21H,2-3,7-11H2,1H3;1H/t14-;/m0./s1. The van der Waals surface area contributed by atoms with E-state index in [1.54, 1.807) is 6.07 Å². The van der Waals surface area contributed by atoms with E-state index in [0.29, 0.717) is 6.42 Å². The smallest absolute Gasteiger partial charge is 0.314 e. The first kappa shape index (κ1) is 20.6. The Morgan fingerprint density at radius 1 is 1.26 bits per heavy atom. The van der Waals surface area contributed by atoms with Crippen molar-refractivity contribution in [3.8, 4) is 0 Å². The van der Waals surface area contributed by atoms with Crippen LogP contribution in [0, 0.1) is 0 Å². The van der Waals surface area contributed by atoms with Crippen molar-refractivity contribution in [2.75, 3.05) is 26.2 Å². The molecule has 0 aliphatic carbocycles. The third kappa shape index (κ3) is 5.24. The lowest BCUT2D eigenvalue weighted by atomic mass is 9.94. The van der Waals surface area contributed by atoms with Crippen molar-refractivity contribution < 1.29 is 13.2 Å². The molecule has 0 saturated carbocycles. The van der Waals surface area contributed by atoms with Crippen LogP contribution in [0.1, 0.15) is 43.4 Å². The van der Waals surface area contributed by atoms with Crippen LogP contribution < -0.4 is 5.32 Å². The number of nitrogens with zero attached hydrogens (tertiary/aromatic N) is 1. The number of rotatable bonds is 5. The third-order valence-electron chi connectivity index (χ3n) is 4.12. The SMILES string of the molecule is CCCC[C@@H](c1c(Cl)cccc1C(F)(F)F)N1CCNCC1.Cl. The summed E-state index contributed by atoms with van der Waals surface area (Å²) in [6, 6.07) is 3.81. The monoisotopic (exact) mass is 370 g/mol. The van der Waals surface area contributed by atoms with E-state index < -0.39 is 11.7 Å². The highest BCUT2D eigenvalue weighted by Crippen LogP contribution is 2.41. The Morgan fingerprint density at radius 3 is 2.48 bits per heavy atom. The largest absolute Gasteiger partial charge is 0.416 e. The molecule has 0 unspecified atom stereocenters. The summed E-state index contributed by atoms with van der Waals surface area (Å²) in [5.41, 5.74) is -0.355. The van der Waals surface area contributed by atoms with E-state index in [2.05, 4.69) is 10.2 Å². The summed E-state index contributed by atoms with van der Waals surface area (Å²) in [5.74, 6) is 0. The molecule has 2 nitrogen and oxygen atoms in total. The van der Waals surface area contributed by atoms with Gasteiger partial charge in [-0.25, -0.2) is 0 Å². The van der Waals surface area contributed by atoms with Gasteiger partial charge in [-0.15, -0.1) is 12.4 Å². The quantitative estimate of drug-likeness (QED) is 0.791. The predicted octanol–water partition coefficient (Wildman–Crippen LogP) is 4.92. The zero-order chi connectivity index (χ0) is 16.2. The van der Waals surface area contributed by atoms with Gasteiger partial charge in [-0.1, -0.05) is 37.4 Å². The van der Waals surface area contributed by atoms with Gasteiger partial charge in [0, 0.05) is 42.8 Å². The summed E-state index contributed by atoms with van der Waals surface area (Å²) >= 11 is 6.19. The first-order valence-corrected chi connectivity index (χ1v) is 8.13. The van der Waals surface area contributed by atoms with E-state index in [9.17, 15) is 13.2 Å². The van der Waals surface area contributed by atoms with Gasteiger partial charge in [0.15, 0.2) is 0 Å². The molecule has 132 valence electrons. The van der Waals surface area contributed by atoms with Gasteiger partial charge in [-0.05, 0) is 18.6 Å². The Morgan fingerprint density at radius 2 is 1.91 bits per heavy atom. The lowest BCUT2D eigenvalue weighted by molar-refractivity contribution is -0.138. The van der Waals surface area contributed by atoms with Gasteiger partial charge in [0.05, 0.1) is 5.56 Å². The molecular weight excluding hydrogens is 348 g/mol. The Bertz CT molecular complexity index is 489. The molecule has 1 aliphatic heterocycles. The molecule has 0 amide bonds. The molecule has 1 N–H and O–H groups in total.